The van der Waals surface area contributed by atoms with Crippen LogP contribution in [0.3, 0.4) is 0 Å². The van der Waals surface area contributed by atoms with Gasteiger partial charge < -0.3 is 15.4 Å². The summed E-state index contributed by atoms with van der Waals surface area (Å²) in [6.07, 6.45) is 1.10. The van der Waals surface area contributed by atoms with E-state index in [2.05, 4.69) is 20.6 Å². The maximum atomic E-state index is 13.8. The topological polar surface area (TPSA) is 76.1 Å². The molecule has 6 nitrogen and oxygen atoms in total. The number of rotatable bonds is 6. The van der Waals surface area contributed by atoms with E-state index < -0.39 is 23.4 Å². The summed E-state index contributed by atoms with van der Waals surface area (Å²) in [5, 5.41) is 5.18. The van der Waals surface area contributed by atoms with Gasteiger partial charge in [-0.05, 0) is 18.2 Å². The van der Waals surface area contributed by atoms with Crippen LogP contribution in [-0.2, 0) is 6.54 Å². The number of hydrogen-bond acceptors (Lipinski definition) is 5. The van der Waals surface area contributed by atoms with Crippen molar-refractivity contribution in [3.8, 4) is 5.75 Å². The third kappa shape index (κ3) is 4.20. The number of methoxy groups -OCH3 is 1. The normalized spacial score (nSPS) is 10.4. The van der Waals surface area contributed by atoms with Crippen LogP contribution in [-0.4, -0.2) is 23.0 Å². The Morgan fingerprint density at radius 2 is 1.86 bits per heavy atom. The smallest absolute Gasteiger partial charge is 0.270 e. The molecule has 0 aliphatic rings. The van der Waals surface area contributed by atoms with Gasteiger partial charge in [-0.3, -0.25) is 4.79 Å². The maximum absolute atomic E-state index is 13.8. The van der Waals surface area contributed by atoms with Crippen LogP contribution in [0.2, 0.25) is 0 Å². The van der Waals surface area contributed by atoms with Gasteiger partial charge in [0.1, 0.15) is 23.6 Å². The Kier molecular flexibility index (Phi) is 5.73. The number of para-hydroxylation sites is 1. The molecule has 3 rings (SSSR count). The molecule has 28 heavy (non-hydrogen) atoms. The summed E-state index contributed by atoms with van der Waals surface area (Å²) in [6, 6.07) is 10.3. The second kappa shape index (κ2) is 8.38. The number of amides is 1. The summed E-state index contributed by atoms with van der Waals surface area (Å²) >= 11 is 0. The lowest BCUT2D eigenvalue weighted by Crippen LogP contribution is -2.24. The first-order valence-electron chi connectivity index (χ1n) is 8.12. The Morgan fingerprint density at radius 3 is 2.64 bits per heavy atom. The molecule has 1 amide bonds. The number of hydrogen-bond donors (Lipinski definition) is 2. The van der Waals surface area contributed by atoms with Crippen LogP contribution in [0.1, 0.15) is 16.1 Å². The highest BCUT2D eigenvalue weighted by Crippen LogP contribution is 2.23. The lowest BCUT2D eigenvalue weighted by molar-refractivity contribution is 0.0945. The van der Waals surface area contributed by atoms with Crippen LogP contribution in [0.5, 0.6) is 5.75 Å². The van der Waals surface area contributed by atoms with E-state index in [9.17, 15) is 18.0 Å². The van der Waals surface area contributed by atoms with Crippen LogP contribution < -0.4 is 15.4 Å². The third-order valence-corrected chi connectivity index (χ3v) is 3.83. The summed E-state index contributed by atoms with van der Waals surface area (Å²) in [5.74, 6) is -4.12. The Balaban J connectivity index is 1.72. The SMILES string of the molecule is COc1ccccc1CNC(=O)c1cc(Nc2ccc(F)c(F)c2F)ncn1. The van der Waals surface area contributed by atoms with Crippen molar-refractivity contribution in [2.24, 2.45) is 0 Å². The minimum absolute atomic E-state index is 0.00962. The summed E-state index contributed by atoms with van der Waals surface area (Å²) in [7, 11) is 1.53. The van der Waals surface area contributed by atoms with Gasteiger partial charge >= 0.3 is 0 Å². The number of carbonyl (C=O) groups is 1. The predicted octanol–water partition coefficient (Wildman–Crippen LogP) is 3.58. The monoisotopic (exact) mass is 388 g/mol. The number of nitrogens with zero attached hydrogens (tertiary/aromatic N) is 2. The number of halogens is 3. The molecule has 0 spiro atoms. The third-order valence-electron chi connectivity index (χ3n) is 3.83. The highest BCUT2D eigenvalue weighted by molar-refractivity contribution is 5.93. The van der Waals surface area contributed by atoms with E-state index in [0.29, 0.717) is 5.75 Å². The molecule has 0 bridgehead atoms. The van der Waals surface area contributed by atoms with E-state index in [-0.39, 0.29) is 23.7 Å². The van der Waals surface area contributed by atoms with Crippen LogP contribution in [0, 0.1) is 17.5 Å². The highest BCUT2D eigenvalue weighted by atomic mass is 19.2. The fraction of sp³-hybridized carbons (Fsp3) is 0.105. The number of ether oxygens (including phenoxy) is 1. The molecule has 2 N–H and O–H groups in total. The van der Waals surface area contributed by atoms with Crippen LogP contribution in [0.25, 0.3) is 0 Å². The van der Waals surface area contributed by atoms with Gasteiger partial charge in [0.25, 0.3) is 5.91 Å². The Labute approximate surface area is 158 Å². The van der Waals surface area contributed by atoms with Crippen LogP contribution in [0.4, 0.5) is 24.7 Å². The average Bonchev–Trinajstić information content (AvgIpc) is 2.73. The molecular formula is C19H15F3N4O2. The van der Waals surface area contributed by atoms with E-state index in [1.165, 1.54) is 13.2 Å². The van der Waals surface area contributed by atoms with Crippen molar-refractivity contribution in [3.63, 3.8) is 0 Å². The zero-order valence-corrected chi connectivity index (χ0v) is 14.7. The molecule has 0 radical (unpaired) electrons. The zero-order chi connectivity index (χ0) is 20.1. The fourth-order valence-corrected chi connectivity index (χ4v) is 2.43. The van der Waals surface area contributed by atoms with Crippen molar-refractivity contribution in [3.05, 3.63) is 77.5 Å². The molecule has 0 saturated heterocycles. The van der Waals surface area contributed by atoms with Crippen molar-refractivity contribution in [1.82, 2.24) is 15.3 Å². The summed E-state index contributed by atoms with van der Waals surface area (Å²) < 4.78 is 45.3. The molecule has 1 heterocycles. The molecule has 144 valence electrons. The largest absolute Gasteiger partial charge is 0.496 e. The maximum Gasteiger partial charge on any atom is 0.270 e. The summed E-state index contributed by atoms with van der Waals surface area (Å²) in [4.78, 5) is 20.1. The molecule has 3 aromatic rings. The molecule has 0 unspecified atom stereocenters. The van der Waals surface area contributed by atoms with Crippen molar-refractivity contribution in [2.45, 2.75) is 6.54 Å². The van der Waals surface area contributed by atoms with E-state index in [1.54, 1.807) is 12.1 Å². The van der Waals surface area contributed by atoms with Gasteiger partial charge in [-0.25, -0.2) is 23.1 Å². The Morgan fingerprint density at radius 1 is 1.07 bits per heavy atom. The fourth-order valence-electron chi connectivity index (χ4n) is 2.43. The van der Waals surface area contributed by atoms with Gasteiger partial charge in [0.2, 0.25) is 0 Å². The zero-order valence-electron chi connectivity index (χ0n) is 14.7. The lowest BCUT2D eigenvalue weighted by atomic mass is 10.2. The van der Waals surface area contributed by atoms with Crippen molar-refractivity contribution >= 4 is 17.4 Å². The number of aromatic nitrogens is 2. The molecular weight excluding hydrogens is 373 g/mol. The number of anilines is 2. The summed E-state index contributed by atoms with van der Waals surface area (Å²) in [5.41, 5.74) is 0.461. The molecule has 0 aliphatic carbocycles. The number of nitrogens with one attached hydrogen (secondary N) is 2. The predicted molar refractivity (Wildman–Crippen MR) is 95.8 cm³/mol. The van der Waals surface area contributed by atoms with Gasteiger partial charge in [0.15, 0.2) is 17.5 Å². The van der Waals surface area contributed by atoms with Crippen LogP contribution in [0.15, 0.2) is 48.8 Å². The van der Waals surface area contributed by atoms with Crippen molar-refractivity contribution in [1.29, 1.82) is 0 Å². The first-order valence-corrected chi connectivity index (χ1v) is 8.12. The minimum Gasteiger partial charge on any atom is -0.496 e. The van der Waals surface area contributed by atoms with Gasteiger partial charge in [-0.2, -0.15) is 0 Å². The quantitative estimate of drug-likeness (QED) is 0.632. The van der Waals surface area contributed by atoms with Gasteiger partial charge in [0.05, 0.1) is 12.8 Å². The Bertz CT molecular complexity index is 1010. The van der Waals surface area contributed by atoms with E-state index >= 15 is 0 Å². The summed E-state index contributed by atoms with van der Waals surface area (Å²) in [6.45, 7) is 0.202. The average molecular weight is 388 g/mol. The molecule has 2 aromatic carbocycles. The van der Waals surface area contributed by atoms with Gasteiger partial charge in [-0.1, -0.05) is 18.2 Å². The van der Waals surface area contributed by atoms with Crippen molar-refractivity contribution < 1.29 is 22.7 Å². The number of benzene rings is 2. The van der Waals surface area contributed by atoms with E-state index in [4.69, 9.17) is 4.74 Å². The van der Waals surface area contributed by atoms with E-state index in [1.807, 2.05) is 12.1 Å². The second-order valence-electron chi connectivity index (χ2n) is 5.63. The van der Waals surface area contributed by atoms with E-state index in [0.717, 1.165) is 24.0 Å². The molecule has 0 atom stereocenters. The molecule has 1 aromatic heterocycles. The standard InChI is InChI=1S/C19H15F3N4O2/c1-28-15-5-3-2-4-11(15)9-23-19(27)14-8-16(25-10-24-14)26-13-7-6-12(20)17(21)18(13)22/h2-8,10H,9H2,1H3,(H,23,27)(H,24,25,26). The molecule has 0 saturated carbocycles. The second-order valence-corrected chi connectivity index (χ2v) is 5.63. The Hall–Kier alpha value is -3.62. The molecule has 0 fully saturated rings. The van der Waals surface area contributed by atoms with Gasteiger partial charge in [0, 0.05) is 18.2 Å². The first-order chi connectivity index (χ1) is 13.5. The van der Waals surface area contributed by atoms with Crippen LogP contribution >= 0.6 is 0 Å². The molecule has 9 heteroatoms. The van der Waals surface area contributed by atoms with Crippen molar-refractivity contribution in [2.75, 3.05) is 12.4 Å². The first kappa shape index (κ1) is 19.2. The highest BCUT2D eigenvalue weighted by Gasteiger charge is 2.15. The lowest BCUT2D eigenvalue weighted by Gasteiger charge is -2.10. The molecule has 0 aliphatic heterocycles. The minimum atomic E-state index is -1.60. The van der Waals surface area contributed by atoms with Gasteiger partial charge in [-0.15, -0.1) is 0 Å². The number of carbonyl (C=O) groups excluding carboxylic acids is 1.